The highest BCUT2D eigenvalue weighted by molar-refractivity contribution is 5.94. The number of carbonyl (C=O) groups is 1. The molecule has 0 atom stereocenters. The van der Waals surface area contributed by atoms with Crippen molar-refractivity contribution in [1.29, 1.82) is 0 Å². The van der Waals surface area contributed by atoms with E-state index in [0.29, 0.717) is 23.5 Å². The minimum absolute atomic E-state index is 0.0331. The Bertz CT molecular complexity index is 468. The van der Waals surface area contributed by atoms with Crippen LogP contribution in [0.2, 0.25) is 0 Å². The van der Waals surface area contributed by atoms with Crippen LogP contribution in [0.15, 0.2) is 18.2 Å². The zero-order chi connectivity index (χ0) is 15.1. The van der Waals surface area contributed by atoms with Crippen LogP contribution in [0.25, 0.3) is 0 Å². The third-order valence-corrected chi connectivity index (χ3v) is 4.28. The van der Waals surface area contributed by atoms with Gasteiger partial charge in [0.1, 0.15) is 5.75 Å². The molecular formula is C17H26N2O2. The summed E-state index contributed by atoms with van der Waals surface area (Å²) in [5, 5.41) is 2.88. The maximum absolute atomic E-state index is 12.0. The van der Waals surface area contributed by atoms with Crippen LogP contribution >= 0.6 is 0 Å². The largest absolute Gasteiger partial charge is 0.497 e. The number of hydrogen-bond donors (Lipinski definition) is 2. The molecule has 2 rings (SSSR count). The van der Waals surface area contributed by atoms with E-state index in [-0.39, 0.29) is 5.91 Å². The molecule has 1 aromatic rings. The summed E-state index contributed by atoms with van der Waals surface area (Å²) in [6, 6.07) is 5.29. The molecule has 1 aromatic carbocycles. The SMILES string of the molecule is COc1ccc(N)c(NC(=O)CCCC2CCCCC2)c1. The average molecular weight is 290 g/mol. The molecule has 0 aliphatic heterocycles. The molecule has 0 spiro atoms. The third kappa shape index (κ3) is 4.96. The number of amides is 1. The van der Waals surface area contributed by atoms with Gasteiger partial charge >= 0.3 is 0 Å². The fraction of sp³-hybridized carbons (Fsp3) is 0.588. The number of anilines is 2. The Hall–Kier alpha value is -1.71. The first kappa shape index (κ1) is 15.7. The summed E-state index contributed by atoms with van der Waals surface area (Å²) in [6.07, 6.45) is 9.46. The van der Waals surface area contributed by atoms with Crippen molar-refractivity contribution in [2.75, 3.05) is 18.2 Å². The second-order valence-electron chi connectivity index (χ2n) is 5.90. The summed E-state index contributed by atoms with van der Waals surface area (Å²) >= 11 is 0. The van der Waals surface area contributed by atoms with Gasteiger partial charge in [-0.25, -0.2) is 0 Å². The fourth-order valence-corrected chi connectivity index (χ4v) is 3.01. The third-order valence-electron chi connectivity index (χ3n) is 4.28. The molecule has 0 heterocycles. The van der Waals surface area contributed by atoms with Crippen LogP contribution in [0.4, 0.5) is 11.4 Å². The van der Waals surface area contributed by atoms with Gasteiger partial charge < -0.3 is 15.8 Å². The lowest BCUT2D eigenvalue weighted by atomic mass is 9.86. The van der Waals surface area contributed by atoms with Crippen LogP contribution in [0.5, 0.6) is 5.75 Å². The molecule has 4 heteroatoms. The molecule has 21 heavy (non-hydrogen) atoms. The Balaban J connectivity index is 1.76. The average Bonchev–Trinajstić information content (AvgIpc) is 2.50. The van der Waals surface area contributed by atoms with Gasteiger partial charge in [0.05, 0.1) is 18.5 Å². The van der Waals surface area contributed by atoms with E-state index in [4.69, 9.17) is 10.5 Å². The van der Waals surface area contributed by atoms with Crippen LogP contribution in [0, 0.1) is 5.92 Å². The fourth-order valence-electron chi connectivity index (χ4n) is 3.01. The monoisotopic (exact) mass is 290 g/mol. The van der Waals surface area contributed by atoms with Crippen molar-refractivity contribution in [3.8, 4) is 5.75 Å². The molecule has 0 aromatic heterocycles. The predicted octanol–water partition coefficient (Wildman–Crippen LogP) is 3.97. The lowest BCUT2D eigenvalue weighted by Crippen LogP contribution is -2.14. The summed E-state index contributed by atoms with van der Waals surface area (Å²) in [5.74, 6) is 1.56. The first-order valence-corrected chi connectivity index (χ1v) is 7.92. The van der Waals surface area contributed by atoms with Crippen LogP contribution in [-0.4, -0.2) is 13.0 Å². The number of hydrogen-bond acceptors (Lipinski definition) is 3. The summed E-state index contributed by atoms with van der Waals surface area (Å²) in [7, 11) is 1.60. The second-order valence-corrected chi connectivity index (χ2v) is 5.90. The topological polar surface area (TPSA) is 64.3 Å². The molecule has 1 aliphatic rings. The van der Waals surface area contributed by atoms with Crippen LogP contribution in [0.3, 0.4) is 0 Å². The lowest BCUT2D eigenvalue weighted by molar-refractivity contribution is -0.116. The van der Waals surface area contributed by atoms with E-state index in [1.165, 1.54) is 38.5 Å². The number of nitrogens with one attached hydrogen (secondary N) is 1. The van der Waals surface area contributed by atoms with Gasteiger partial charge in [0.25, 0.3) is 0 Å². The number of ether oxygens (including phenoxy) is 1. The minimum Gasteiger partial charge on any atom is -0.497 e. The summed E-state index contributed by atoms with van der Waals surface area (Å²) in [4.78, 5) is 12.0. The maximum Gasteiger partial charge on any atom is 0.224 e. The van der Waals surface area contributed by atoms with Crippen molar-refractivity contribution in [1.82, 2.24) is 0 Å². The van der Waals surface area contributed by atoms with Crippen molar-refractivity contribution in [3.05, 3.63) is 18.2 Å². The van der Waals surface area contributed by atoms with Crippen LogP contribution in [0.1, 0.15) is 51.4 Å². The second kappa shape index (κ2) is 7.91. The number of methoxy groups -OCH3 is 1. The lowest BCUT2D eigenvalue weighted by Gasteiger charge is -2.21. The van der Waals surface area contributed by atoms with Crippen molar-refractivity contribution < 1.29 is 9.53 Å². The standard InChI is InChI=1S/C17H26N2O2/c1-21-14-10-11-15(18)16(12-14)19-17(20)9-5-8-13-6-3-2-4-7-13/h10-13H,2-9,18H2,1H3,(H,19,20). The molecule has 0 saturated heterocycles. The van der Waals surface area contributed by atoms with Gasteiger partial charge in [-0.2, -0.15) is 0 Å². The molecule has 0 radical (unpaired) electrons. The van der Waals surface area contributed by atoms with Crippen molar-refractivity contribution >= 4 is 17.3 Å². The summed E-state index contributed by atoms with van der Waals surface area (Å²) in [6.45, 7) is 0. The van der Waals surface area contributed by atoms with Gasteiger partial charge in [-0.1, -0.05) is 32.1 Å². The molecule has 0 bridgehead atoms. The first-order valence-electron chi connectivity index (χ1n) is 7.92. The number of carbonyl (C=O) groups excluding carboxylic acids is 1. The highest BCUT2D eigenvalue weighted by atomic mass is 16.5. The number of nitrogen functional groups attached to an aromatic ring is 1. The number of nitrogens with two attached hydrogens (primary N) is 1. The van der Waals surface area contributed by atoms with Crippen LogP contribution < -0.4 is 15.8 Å². The van der Waals surface area contributed by atoms with Crippen molar-refractivity contribution in [3.63, 3.8) is 0 Å². The Morgan fingerprint density at radius 2 is 2.10 bits per heavy atom. The molecule has 0 unspecified atom stereocenters. The van der Waals surface area contributed by atoms with E-state index in [1.54, 1.807) is 25.3 Å². The number of benzene rings is 1. The first-order chi connectivity index (χ1) is 10.2. The van der Waals surface area contributed by atoms with E-state index in [0.717, 1.165) is 12.3 Å². The van der Waals surface area contributed by atoms with Gasteiger partial charge in [0.2, 0.25) is 5.91 Å². The predicted molar refractivity (Wildman–Crippen MR) is 86.5 cm³/mol. The Labute approximate surface area is 127 Å². The quantitative estimate of drug-likeness (QED) is 0.779. The smallest absolute Gasteiger partial charge is 0.224 e. The van der Waals surface area contributed by atoms with Gasteiger partial charge in [-0.15, -0.1) is 0 Å². The normalized spacial score (nSPS) is 15.7. The highest BCUT2D eigenvalue weighted by Crippen LogP contribution is 2.28. The molecule has 4 nitrogen and oxygen atoms in total. The zero-order valence-electron chi connectivity index (χ0n) is 12.9. The van der Waals surface area contributed by atoms with Gasteiger partial charge in [0, 0.05) is 12.5 Å². The molecule has 1 aliphatic carbocycles. The molecule has 1 saturated carbocycles. The van der Waals surface area contributed by atoms with Gasteiger partial charge in [-0.3, -0.25) is 4.79 Å². The molecule has 1 amide bonds. The molecular weight excluding hydrogens is 264 g/mol. The Morgan fingerprint density at radius 3 is 2.81 bits per heavy atom. The minimum atomic E-state index is 0.0331. The van der Waals surface area contributed by atoms with E-state index in [9.17, 15) is 4.79 Å². The molecule has 1 fully saturated rings. The van der Waals surface area contributed by atoms with Crippen molar-refractivity contribution in [2.24, 2.45) is 5.92 Å². The summed E-state index contributed by atoms with van der Waals surface area (Å²) < 4.78 is 5.15. The van der Waals surface area contributed by atoms with Gasteiger partial charge in [-0.05, 0) is 30.9 Å². The Morgan fingerprint density at radius 1 is 1.33 bits per heavy atom. The van der Waals surface area contributed by atoms with E-state index in [1.807, 2.05) is 0 Å². The van der Waals surface area contributed by atoms with Crippen LogP contribution in [-0.2, 0) is 4.79 Å². The summed E-state index contributed by atoms with van der Waals surface area (Å²) in [5.41, 5.74) is 7.07. The van der Waals surface area contributed by atoms with Crippen molar-refractivity contribution in [2.45, 2.75) is 51.4 Å². The number of rotatable bonds is 6. The molecule has 3 N–H and O–H groups in total. The van der Waals surface area contributed by atoms with E-state index < -0.39 is 0 Å². The zero-order valence-corrected chi connectivity index (χ0v) is 12.9. The van der Waals surface area contributed by atoms with E-state index in [2.05, 4.69) is 5.32 Å². The Kier molecular flexibility index (Phi) is 5.90. The molecule has 116 valence electrons. The maximum atomic E-state index is 12.0. The van der Waals surface area contributed by atoms with Gasteiger partial charge in [0.15, 0.2) is 0 Å². The van der Waals surface area contributed by atoms with E-state index >= 15 is 0 Å². The highest BCUT2D eigenvalue weighted by Gasteiger charge is 2.14.